The van der Waals surface area contributed by atoms with Crippen LogP contribution in [0.4, 0.5) is 11.6 Å². The highest BCUT2D eigenvalue weighted by molar-refractivity contribution is 6.06. The Kier molecular flexibility index (Phi) is 5.47. The van der Waals surface area contributed by atoms with E-state index in [-0.39, 0.29) is 11.7 Å². The van der Waals surface area contributed by atoms with E-state index in [9.17, 15) is 9.90 Å². The number of benzene rings is 3. The molecule has 0 saturated carbocycles. The number of amides is 1. The van der Waals surface area contributed by atoms with Gasteiger partial charge in [0.2, 0.25) is 5.95 Å². The number of phenolic OH excluding ortho intramolecular Hbond substituents is 1. The van der Waals surface area contributed by atoms with Gasteiger partial charge in [-0.15, -0.1) is 5.10 Å². The van der Waals surface area contributed by atoms with E-state index in [1.165, 1.54) is 0 Å². The number of phenols is 1. The quantitative estimate of drug-likeness (QED) is 0.409. The zero-order chi connectivity index (χ0) is 23.7. The molecule has 0 spiro atoms. The van der Waals surface area contributed by atoms with Crippen molar-refractivity contribution in [2.75, 3.05) is 17.7 Å². The molecular formula is C26H23N5O3. The summed E-state index contributed by atoms with van der Waals surface area (Å²) < 4.78 is 6.91. The minimum absolute atomic E-state index is 0.145. The zero-order valence-corrected chi connectivity index (χ0v) is 18.7. The lowest BCUT2D eigenvalue weighted by molar-refractivity contribution is -0.113. The van der Waals surface area contributed by atoms with Gasteiger partial charge in [-0.25, -0.2) is 4.68 Å². The van der Waals surface area contributed by atoms with E-state index in [2.05, 4.69) is 15.6 Å². The first-order valence-corrected chi connectivity index (χ1v) is 10.8. The van der Waals surface area contributed by atoms with Crippen LogP contribution in [-0.2, 0) is 4.79 Å². The van der Waals surface area contributed by atoms with E-state index in [0.717, 1.165) is 11.1 Å². The Hall–Kier alpha value is -4.59. The lowest BCUT2D eigenvalue weighted by atomic mass is 9.95. The maximum atomic E-state index is 13.5. The van der Waals surface area contributed by atoms with Crippen molar-refractivity contribution in [2.24, 2.45) is 0 Å². The summed E-state index contributed by atoms with van der Waals surface area (Å²) in [4.78, 5) is 18.2. The number of rotatable bonds is 5. The largest absolute Gasteiger partial charge is 0.508 e. The van der Waals surface area contributed by atoms with Crippen LogP contribution in [0, 0.1) is 0 Å². The van der Waals surface area contributed by atoms with Gasteiger partial charge < -0.3 is 20.5 Å². The van der Waals surface area contributed by atoms with Crippen LogP contribution in [0.15, 0.2) is 90.1 Å². The summed E-state index contributed by atoms with van der Waals surface area (Å²) in [7, 11) is 1.59. The van der Waals surface area contributed by atoms with Crippen LogP contribution in [-0.4, -0.2) is 32.9 Å². The summed E-state index contributed by atoms with van der Waals surface area (Å²) in [5.74, 6) is 1.67. The number of fused-ring (bicyclic) bond motifs is 1. The predicted molar refractivity (Wildman–Crippen MR) is 130 cm³/mol. The van der Waals surface area contributed by atoms with E-state index in [0.29, 0.717) is 34.5 Å². The number of methoxy groups -OCH3 is 1. The Morgan fingerprint density at radius 3 is 2.41 bits per heavy atom. The fourth-order valence-electron chi connectivity index (χ4n) is 3.99. The molecule has 0 fully saturated rings. The van der Waals surface area contributed by atoms with E-state index in [4.69, 9.17) is 9.84 Å². The molecule has 34 heavy (non-hydrogen) atoms. The standard InChI is InChI=1S/C26H23N5O3/c1-16-22(25(33)28-19-10-14-21(34-2)15-11-19)23(17-8-12-20(32)13-9-17)31-26(27-16)29-24(30-31)18-6-4-3-5-7-18/h3-15,23,32H,1-2H3,(H,28,33)(H,27,29,30). The number of hydrogen-bond acceptors (Lipinski definition) is 6. The summed E-state index contributed by atoms with van der Waals surface area (Å²) >= 11 is 0. The highest BCUT2D eigenvalue weighted by Crippen LogP contribution is 2.37. The molecule has 170 valence electrons. The Bertz CT molecular complexity index is 1360. The molecule has 8 nitrogen and oxygen atoms in total. The zero-order valence-electron chi connectivity index (χ0n) is 18.7. The number of ether oxygens (including phenoxy) is 1. The lowest BCUT2D eigenvalue weighted by Gasteiger charge is -2.28. The van der Waals surface area contributed by atoms with E-state index >= 15 is 0 Å². The number of hydrogen-bond donors (Lipinski definition) is 3. The van der Waals surface area contributed by atoms with Crippen molar-refractivity contribution >= 4 is 17.5 Å². The molecule has 3 N–H and O–H groups in total. The van der Waals surface area contributed by atoms with E-state index in [1.807, 2.05) is 37.3 Å². The van der Waals surface area contributed by atoms with Crippen molar-refractivity contribution in [3.8, 4) is 22.9 Å². The molecule has 0 saturated heterocycles. The topological polar surface area (TPSA) is 101 Å². The molecule has 3 aromatic carbocycles. The summed E-state index contributed by atoms with van der Waals surface area (Å²) in [5, 5.41) is 20.8. The van der Waals surface area contributed by atoms with Crippen LogP contribution in [0.2, 0.25) is 0 Å². The molecule has 0 radical (unpaired) electrons. The van der Waals surface area contributed by atoms with E-state index in [1.54, 1.807) is 60.3 Å². The molecule has 1 atom stereocenters. The SMILES string of the molecule is COc1ccc(NC(=O)C2=C(C)Nc3nc(-c4ccccc4)nn3C2c2ccc(O)cc2)cc1. The van der Waals surface area contributed by atoms with Gasteiger partial charge in [0.15, 0.2) is 5.82 Å². The number of aromatic nitrogens is 3. The van der Waals surface area contributed by atoms with Crippen LogP contribution in [0.1, 0.15) is 18.5 Å². The van der Waals surface area contributed by atoms with Crippen molar-refractivity contribution < 1.29 is 14.6 Å². The number of anilines is 2. The fraction of sp³-hybridized carbons (Fsp3) is 0.115. The van der Waals surface area contributed by atoms with Gasteiger partial charge in [-0.1, -0.05) is 42.5 Å². The van der Waals surface area contributed by atoms with Crippen molar-refractivity contribution in [1.82, 2.24) is 14.8 Å². The minimum atomic E-state index is -0.542. The molecule has 0 bridgehead atoms. The third kappa shape index (κ3) is 3.97. The smallest absolute Gasteiger partial charge is 0.255 e. The first kappa shape index (κ1) is 21.3. The van der Waals surface area contributed by atoms with Crippen molar-refractivity contribution in [3.63, 3.8) is 0 Å². The van der Waals surface area contributed by atoms with Crippen molar-refractivity contribution in [3.05, 3.63) is 95.7 Å². The highest BCUT2D eigenvalue weighted by atomic mass is 16.5. The summed E-state index contributed by atoms with van der Waals surface area (Å²) in [6.07, 6.45) is 0. The average molecular weight is 454 g/mol. The molecule has 1 aliphatic rings. The Morgan fingerprint density at radius 2 is 1.74 bits per heavy atom. The van der Waals surface area contributed by atoms with Crippen LogP contribution in [0.3, 0.4) is 0 Å². The second-order valence-electron chi connectivity index (χ2n) is 7.91. The first-order chi connectivity index (χ1) is 16.5. The number of nitrogens with one attached hydrogen (secondary N) is 2. The molecule has 1 aromatic heterocycles. The van der Waals surface area contributed by atoms with Gasteiger partial charge in [0.1, 0.15) is 17.5 Å². The van der Waals surface area contributed by atoms with Crippen molar-refractivity contribution in [1.29, 1.82) is 0 Å². The normalized spacial score (nSPS) is 14.8. The van der Waals surface area contributed by atoms with Crippen LogP contribution in [0.25, 0.3) is 11.4 Å². The highest BCUT2D eigenvalue weighted by Gasteiger charge is 2.34. The van der Waals surface area contributed by atoms with Crippen molar-refractivity contribution in [2.45, 2.75) is 13.0 Å². The van der Waals surface area contributed by atoms with Crippen LogP contribution < -0.4 is 15.4 Å². The lowest BCUT2D eigenvalue weighted by Crippen LogP contribution is -2.31. The third-order valence-corrected chi connectivity index (χ3v) is 5.69. The minimum Gasteiger partial charge on any atom is -0.508 e. The van der Waals surface area contributed by atoms with Gasteiger partial charge in [0.25, 0.3) is 5.91 Å². The predicted octanol–water partition coefficient (Wildman–Crippen LogP) is 4.59. The summed E-state index contributed by atoms with van der Waals surface area (Å²) in [5.41, 5.74) is 3.48. The van der Waals surface area contributed by atoms with Crippen LogP contribution in [0.5, 0.6) is 11.5 Å². The molecule has 2 heterocycles. The molecule has 1 amide bonds. The van der Waals surface area contributed by atoms with Crippen LogP contribution >= 0.6 is 0 Å². The summed E-state index contributed by atoms with van der Waals surface area (Å²) in [6, 6.07) is 23.0. The number of allylic oxidation sites excluding steroid dienone is 1. The Labute approximate surface area is 196 Å². The number of carbonyl (C=O) groups excluding carboxylic acids is 1. The van der Waals surface area contributed by atoms with Gasteiger partial charge >= 0.3 is 0 Å². The number of nitrogens with zero attached hydrogens (tertiary/aromatic N) is 3. The average Bonchev–Trinajstić information content (AvgIpc) is 3.28. The second kappa shape index (κ2) is 8.74. The van der Waals surface area contributed by atoms with Gasteiger partial charge in [0, 0.05) is 16.9 Å². The van der Waals surface area contributed by atoms with E-state index < -0.39 is 6.04 Å². The molecule has 1 unspecified atom stereocenters. The number of aromatic hydroxyl groups is 1. The maximum absolute atomic E-state index is 13.5. The third-order valence-electron chi connectivity index (χ3n) is 5.69. The molecule has 8 heteroatoms. The Morgan fingerprint density at radius 1 is 1.03 bits per heavy atom. The molecule has 4 aromatic rings. The monoisotopic (exact) mass is 453 g/mol. The van der Waals surface area contributed by atoms with Gasteiger partial charge in [0.05, 0.1) is 12.7 Å². The summed E-state index contributed by atoms with van der Waals surface area (Å²) in [6.45, 7) is 1.84. The molecule has 1 aliphatic heterocycles. The van der Waals surface area contributed by atoms with Gasteiger partial charge in [-0.05, 0) is 48.9 Å². The molecule has 0 aliphatic carbocycles. The first-order valence-electron chi connectivity index (χ1n) is 10.8. The fourth-order valence-corrected chi connectivity index (χ4v) is 3.99. The second-order valence-corrected chi connectivity index (χ2v) is 7.91. The molecular weight excluding hydrogens is 430 g/mol. The van der Waals surface area contributed by atoms with Gasteiger partial charge in [-0.2, -0.15) is 4.98 Å². The number of carbonyl (C=O) groups is 1. The van der Waals surface area contributed by atoms with Gasteiger partial charge in [-0.3, -0.25) is 4.79 Å². The Balaban J connectivity index is 1.56. The molecule has 5 rings (SSSR count). The maximum Gasteiger partial charge on any atom is 0.255 e.